The number of carbonyl (C=O) groups excluding carboxylic acids is 1. The van der Waals surface area contributed by atoms with Crippen LogP contribution in [0.25, 0.3) is 0 Å². The number of nitrogens with one attached hydrogen (secondary N) is 2. The molecule has 7 nitrogen and oxygen atoms in total. The molecule has 3 N–H and O–H groups in total. The Kier molecular flexibility index (Phi) is 8.82. The summed E-state index contributed by atoms with van der Waals surface area (Å²) in [6.07, 6.45) is 1.89. The Morgan fingerprint density at radius 3 is 2.61 bits per heavy atom. The molecule has 1 aromatic carbocycles. The van der Waals surface area contributed by atoms with Gasteiger partial charge in [-0.1, -0.05) is 18.2 Å². The average molecular weight is 472 g/mol. The van der Waals surface area contributed by atoms with Crippen LogP contribution in [0.3, 0.4) is 0 Å². The van der Waals surface area contributed by atoms with E-state index >= 15 is 0 Å². The number of carbonyl (C=O) groups is 2. The van der Waals surface area contributed by atoms with E-state index in [9.17, 15) is 18.0 Å². The quantitative estimate of drug-likeness (QED) is 0.625. The number of likely N-dealkylation sites (tertiary alicyclic amines) is 1. The van der Waals surface area contributed by atoms with Gasteiger partial charge in [-0.2, -0.15) is 13.2 Å². The van der Waals surface area contributed by atoms with Gasteiger partial charge >= 0.3 is 18.2 Å². The number of halogens is 3. The predicted molar refractivity (Wildman–Crippen MR) is 116 cm³/mol. The molecular formula is C23H32F3N3O4. The molecule has 3 unspecified atom stereocenters. The van der Waals surface area contributed by atoms with Gasteiger partial charge in [0.1, 0.15) is 5.75 Å². The number of rotatable bonds is 3. The number of piperidine rings is 2. The number of carboxylic acid groups (broad SMARTS) is 1. The number of ether oxygens (including phenoxy) is 1. The molecule has 0 radical (unpaired) electrons. The van der Waals surface area contributed by atoms with Crippen LogP contribution >= 0.6 is 0 Å². The van der Waals surface area contributed by atoms with Gasteiger partial charge in [-0.3, -0.25) is 0 Å². The van der Waals surface area contributed by atoms with Crippen LogP contribution in [0.4, 0.5) is 18.0 Å². The fourth-order valence-corrected chi connectivity index (χ4v) is 4.85. The molecule has 0 saturated carbocycles. The molecule has 3 aliphatic heterocycles. The maximum atomic E-state index is 13.0. The Balaban J connectivity index is 0.000000383. The number of benzene rings is 1. The smallest absolute Gasteiger partial charge is 0.490 e. The monoisotopic (exact) mass is 471 g/mol. The molecule has 2 amide bonds. The SMILES string of the molecule is O=C(NCC1CCOc2ccccc21)N1CCCCC1C1CCCNC1.O=C(O)C(F)(F)F. The number of para-hydroxylation sites is 1. The summed E-state index contributed by atoms with van der Waals surface area (Å²) in [5, 5.41) is 13.9. The molecule has 2 saturated heterocycles. The molecule has 184 valence electrons. The van der Waals surface area contributed by atoms with Crippen LogP contribution in [0.5, 0.6) is 5.75 Å². The van der Waals surface area contributed by atoms with Crippen LogP contribution in [-0.2, 0) is 4.79 Å². The van der Waals surface area contributed by atoms with Gasteiger partial charge in [0.15, 0.2) is 0 Å². The molecule has 2 fully saturated rings. The van der Waals surface area contributed by atoms with E-state index in [1.54, 1.807) is 0 Å². The first-order chi connectivity index (χ1) is 15.8. The Morgan fingerprint density at radius 1 is 1.15 bits per heavy atom. The minimum Gasteiger partial charge on any atom is -0.493 e. The van der Waals surface area contributed by atoms with Gasteiger partial charge < -0.3 is 25.4 Å². The van der Waals surface area contributed by atoms with Crippen molar-refractivity contribution in [1.82, 2.24) is 15.5 Å². The molecule has 0 spiro atoms. The largest absolute Gasteiger partial charge is 0.493 e. The highest BCUT2D eigenvalue weighted by molar-refractivity contribution is 5.75. The lowest BCUT2D eigenvalue weighted by Crippen LogP contribution is -2.54. The van der Waals surface area contributed by atoms with Crippen molar-refractivity contribution in [2.75, 3.05) is 32.8 Å². The maximum absolute atomic E-state index is 13.0. The van der Waals surface area contributed by atoms with Gasteiger partial charge in [0.05, 0.1) is 6.61 Å². The lowest BCUT2D eigenvalue weighted by Gasteiger charge is -2.42. The van der Waals surface area contributed by atoms with Gasteiger partial charge in [0, 0.05) is 25.0 Å². The number of carboxylic acids is 1. The van der Waals surface area contributed by atoms with E-state index in [1.807, 2.05) is 12.1 Å². The van der Waals surface area contributed by atoms with Gasteiger partial charge in [0.25, 0.3) is 0 Å². The van der Waals surface area contributed by atoms with Crippen molar-refractivity contribution in [2.24, 2.45) is 5.92 Å². The van der Waals surface area contributed by atoms with Gasteiger partial charge in [-0.25, -0.2) is 9.59 Å². The van der Waals surface area contributed by atoms with Crippen molar-refractivity contribution in [2.45, 2.75) is 56.7 Å². The Bertz CT molecular complexity index is 799. The van der Waals surface area contributed by atoms with Gasteiger partial charge in [-0.05, 0) is 69.2 Å². The zero-order valence-electron chi connectivity index (χ0n) is 18.6. The lowest BCUT2D eigenvalue weighted by atomic mass is 9.85. The molecule has 3 atom stereocenters. The predicted octanol–water partition coefficient (Wildman–Crippen LogP) is 3.75. The molecule has 10 heteroatoms. The zero-order valence-corrected chi connectivity index (χ0v) is 18.6. The third-order valence-corrected chi connectivity index (χ3v) is 6.51. The second-order valence-corrected chi connectivity index (χ2v) is 8.72. The Morgan fingerprint density at radius 2 is 1.91 bits per heavy atom. The van der Waals surface area contributed by atoms with E-state index in [4.69, 9.17) is 14.6 Å². The highest BCUT2D eigenvalue weighted by atomic mass is 19.4. The summed E-state index contributed by atoms with van der Waals surface area (Å²) in [6.45, 7) is 4.51. The molecular weight excluding hydrogens is 439 g/mol. The third kappa shape index (κ3) is 6.99. The van der Waals surface area contributed by atoms with Crippen LogP contribution in [-0.4, -0.2) is 67.0 Å². The highest BCUT2D eigenvalue weighted by Gasteiger charge is 2.38. The van der Waals surface area contributed by atoms with Crippen molar-refractivity contribution < 1.29 is 32.6 Å². The number of urea groups is 1. The molecule has 33 heavy (non-hydrogen) atoms. The molecule has 3 aliphatic rings. The fraction of sp³-hybridized carbons (Fsp3) is 0.652. The zero-order chi connectivity index (χ0) is 23.8. The van der Waals surface area contributed by atoms with E-state index in [0.717, 1.165) is 51.3 Å². The standard InChI is InChI=1S/C21H31N3O2.C2HF3O2/c25-21(23-15-16-10-13-26-20-9-2-1-7-18(16)20)24-12-4-3-8-19(24)17-6-5-11-22-14-17;3-2(4,5)1(6)7/h1-2,7,9,16-17,19,22H,3-6,8,10-15H2,(H,23,25);(H,6,7). The van der Waals surface area contributed by atoms with Crippen LogP contribution in [0.15, 0.2) is 24.3 Å². The normalized spacial score (nSPS) is 25.1. The molecule has 0 bridgehead atoms. The summed E-state index contributed by atoms with van der Waals surface area (Å²) in [6, 6.07) is 8.75. The van der Waals surface area contributed by atoms with Crippen molar-refractivity contribution in [3.63, 3.8) is 0 Å². The minimum absolute atomic E-state index is 0.129. The number of fused-ring (bicyclic) bond motifs is 1. The topological polar surface area (TPSA) is 90.9 Å². The van der Waals surface area contributed by atoms with Crippen molar-refractivity contribution >= 4 is 12.0 Å². The van der Waals surface area contributed by atoms with E-state index < -0.39 is 12.1 Å². The van der Waals surface area contributed by atoms with Gasteiger partial charge in [0.2, 0.25) is 0 Å². The summed E-state index contributed by atoms with van der Waals surface area (Å²) in [5.74, 6) is -0.822. The van der Waals surface area contributed by atoms with Crippen molar-refractivity contribution in [3.05, 3.63) is 29.8 Å². The summed E-state index contributed by atoms with van der Waals surface area (Å²) < 4.78 is 37.5. The first kappa shape index (κ1) is 25.1. The second kappa shape index (κ2) is 11.6. The number of aliphatic carboxylic acids is 1. The van der Waals surface area contributed by atoms with Gasteiger partial charge in [-0.15, -0.1) is 0 Å². The van der Waals surface area contributed by atoms with E-state index in [2.05, 4.69) is 27.7 Å². The number of hydrogen-bond acceptors (Lipinski definition) is 4. The molecule has 1 aromatic rings. The van der Waals surface area contributed by atoms with Crippen LogP contribution in [0, 0.1) is 5.92 Å². The van der Waals surface area contributed by atoms with Crippen molar-refractivity contribution in [1.29, 1.82) is 0 Å². The summed E-state index contributed by atoms with van der Waals surface area (Å²) >= 11 is 0. The number of hydrogen-bond donors (Lipinski definition) is 3. The maximum Gasteiger partial charge on any atom is 0.490 e. The van der Waals surface area contributed by atoms with Crippen molar-refractivity contribution in [3.8, 4) is 5.75 Å². The Labute approximate surface area is 191 Å². The van der Waals surface area contributed by atoms with E-state index in [1.165, 1.54) is 24.8 Å². The van der Waals surface area contributed by atoms with E-state index in [0.29, 0.717) is 24.4 Å². The summed E-state index contributed by atoms with van der Waals surface area (Å²) in [5.41, 5.74) is 1.23. The summed E-state index contributed by atoms with van der Waals surface area (Å²) in [4.78, 5) is 24.0. The highest BCUT2D eigenvalue weighted by Crippen LogP contribution is 2.33. The number of nitrogens with zero attached hydrogens (tertiary/aromatic N) is 1. The Hall–Kier alpha value is -2.49. The summed E-state index contributed by atoms with van der Waals surface area (Å²) in [7, 11) is 0. The van der Waals surface area contributed by atoms with E-state index in [-0.39, 0.29) is 6.03 Å². The molecule has 0 aliphatic carbocycles. The molecule has 3 heterocycles. The van der Waals surface area contributed by atoms with Crippen LogP contribution < -0.4 is 15.4 Å². The molecule has 4 rings (SSSR count). The first-order valence-corrected chi connectivity index (χ1v) is 11.5. The van der Waals surface area contributed by atoms with Crippen LogP contribution in [0.2, 0.25) is 0 Å². The second-order valence-electron chi connectivity index (χ2n) is 8.72. The number of alkyl halides is 3. The first-order valence-electron chi connectivity index (χ1n) is 11.5. The third-order valence-electron chi connectivity index (χ3n) is 6.51. The fourth-order valence-electron chi connectivity index (χ4n) is 4.85. The average Bonchev–Trinajstić information content (AvgIpc) is 2.83. The number of amides is 2. The minimum atomic E-state index is -5.08. The van der Waals surface area contributed by atoms with Crippen LogP contribution in [0.1, 0.15) is 50.0 Å². The molecule has 0 aromatic heterocycles. The lowest BCUT2D eigenvalue weighted by molar-refractivity contribution is -0.192.